The van der Waals surface area contributed by atoms with E-state index in [2.05, 4.69) is 21.2 Å². The minimum atomic E-state index is -0.339. The maximum absolute atomic E-state index is 12.9. The van der Waals surface area contributed by atoms with Crippen LogP contribution in [0.1, 0.15) is 27.8 Å². The first-order chi connectivity index (χ1) is 18.1. The average Bonchev–Trinajstić information content (AvgIpc) is 3.14. The zero-order valence-corrected chi connectivity index (χ0v) is 23.9. The van der Waals surface area contributed by atoms with Crippen LogP contribution in [0.25, 0.3) is 6.08 Å². The highest BCUT2D eigenvalue weighted by Gasteiger charge is 2.35. The molecule has 1 saturated heterocycles. The van der Waals surface area contributed by atoms with E-state index in [1.54, 1.807) is 24.3 Å². The van der Waals surface area contributed by atoms with Gasteiger partial charge in [-0.1, -0.05) is 35.9 Å². The van der Waals surface area contributed by atoms with Gasteiger partial charge in [0.25, 0.3) is 17.1 Å². The monoisotopic (exact) mass is 594 g/mol. The molecule has 3 aromatic rings. The number of carbonyl (C=O) groups is 3. The number of carbonyl (C=O) groups excluding carboxylic acids is 3. The number of ether oxygens (including phenoxy) is 2. The molecule has 1 aliphatic rings. The number of amides is 3. The van der Waals surface area contributed by atoms with Crippen LogP contribution in [0.2, 0.25) is 0 Å². The van der Waals surface area contributed by atoms with E-state index in [0.717, 1.165) is 38.5 Å². The van der Waals surface area contributed by atoms with Crippen LogP contribution in [0, 0.1) is 20.8 Å². The third-order valence-corrected chi connectivity index (χ3v) is 7.60. The van der Waals surface area contributed by atoms with Gasteiger partial charge in [0, 0.05) is 4.47 Å². The van der Waals surface area contributed by atoms with Crippen LogP contribution < -0.4 is 14.8 Å². The Bertz CT molecular complexity index is 1440. The molecule has 0 spiro atoms. The Balaban J connectivity index is 1.42. The summed E-state index contributed by atoms with van der Waals surface area (Å²) in [4.78, 5) is 39.5. The molecule has 1 N–H and O–H groups in total. The number of anilines is 1. The van der Waals surface area contributed by atoms with E-state index < -0.39 is 0 Å². The van der Waals surface area contributed by atoms with E-state index in [-0.39, 0.29) is 30.2 Å². The summed E-state index contributed by atoms with van der Waals surface area (Å²) in [5, 5.41) is 2.53. The van der Waals surface area contributed by atoms with Gasteiger partial charge in [-0.25, -0.2) is 0 Å². The molecule has 38 heavy (non-hydrogen) atoms. The molecule has 3 amide bonds. The number of hydrogen-bond acceptors (Lipinski definition) is 6. The number of benzene rings is 3. The summed E-state index contributed by atoms with van der Waals surface area (Å²) in [7, 11) is 1.49. The third-order valence-electron chi connectivity index (χ3n) is 6.04. The molecule has 0 unspecified atom stereocenters. The maximum Gasteiger partial charge on any atom is 0.293 e. The fourth-order valence-electron chi connectivity index (χ4n) is 3.76. The van der Waals surface area contributed by atoms with E-state index >= 15 is 0 Å². The standard InChI is InChI=1S/C29H27BrN2O5S/c1-17-5-7-20(8-6-17)15-32-28(34)26(38-29(32)35)14-21-9-10-24(25(13-21)36-4)37-16-27(33)31-23-12-19(3)18(2)11-22(23)30/h5-14H,15-16H2,1-4H3,(H,31,33)/b26-14+. The normalized spacial score (nSPS) is 14.2. The topological polar surface area (TPSA) is 84.9 Å². The first kappa shape index (κ1) is 27.5. The highest BCUT2D eigenvalue weighted by Crippen LogP contribution is 2.35. The van der Waals surface area contributed by atoms with Gasteiger partial charge in [-0.15, -0.1) is 0 Å². The van der Waals surface area contributed by atoms with Gasteiger partial charge in [0.15, 0.2) is 18.1 Å². The predicted octanol–water partition coefficient (Wildman–Crippen LogP) is 6.64. The summed E-state index contributed by atoms with van der Waals surface area (Å²) in [5.74, 6) is 0.126. The minimum absolute atomic E-state index is 0.215. The second kappa shape index (κ2) is 11.9. The lowest BCUT2D eigenvalue weighted by Gasteiger charge is -2.13. The van der Waals surface area contributed by atoms with Crippen molar-refractivity contribution in [2.75, 3.05) is 19.0 Å². The molecular formula is C29H27BrN2O5S. The Labute approximate surface area is 234 Å². The maximum atomic E-state index is 12.9. The van der Waals surface area contributed by atoms with Gasteiger partial charge < -0.3 is 14.8 Å². The molecule has 1 aliphatic heterocycles. The number of nitrogens with zero attached hydrogens (tertiary/aromatic N) is 1. The molecule has 1 heterocycles. The van der Waals surface area contributed by atoms with Crippen LogP contribution in [-0.4, -0.2) is 35.7 Å². The smallest absolute Gasteiger partial charge is 0.293 e. The number of imide groups is 1. The average molecular weight is 596 g/mol. The van der Waals surface area contributed by atoms with Crippen molar-refractivity contribution < 1.29 is 23.9 Å². The van der Waals surface area contributed by atoms with Gasteiger partial charge in [0.2, 0.25) is 0 Å². The summed E-state index contributed by atoms with van der Waals surface area (Å²) < 4.78 is 11.9. The summed E-state index contributed by atoms with van der Waals surface area (Å²) >= 11 is 4.38. The molecule has 9 heteroatoms. The molecule has 4 rings (SSSR count). The third kappa shape index (κ3) is 6.46. The first-order valence-corrected chi connectivity index (χ1v) is 13.4. The van der Waals surface area contributed by atoms with E-state index in [1.807, 2.05) is 57.2 Å². The van der Waals surface area contributed by atoms with E-state index in [0.29, 0.717) is 27.7 Å². The summed E-state index contributed by atoms with van der Waals surface area (Å²) in [6.07, 6.45) is 1.65. The van der Waals surface area contributed by atoms with Crippen molar-refractivity contribution in [1.29, 1.82) is 0 Å². The van der Waals surface area contributed by atoms with Crippen molar-refractivity contribution in [3.05, 3.63) is 91.8 Å². The molecular weight excluding hydrogens is 568 g/mol. The SMILES string of the molecule is COc1cc(/C=C2/SC(=O)N(Cc3ccc(C)cc3)C2=O)ccc1OCC(=O)Nc1cc(C)c(C)cc1Br. The Morgan fingerprint density at radius 2 is 1.71 bits per heavy atom. The Morgan fingerprint density at radius 1 is 1.00 bits per heavy atom. The molecule has 7 nitrogen and oxygen atoms in total. The van der Waals surface area contributed by atoms with Crippen LogP contribution in [0.15, 0.2) is 64.0 Å². The van der Waals surface area contributed by atoms with Crippen LogP contribution >= 0.6 is 27.7 Å². The van der Waals surface area contributed by atoms with Gasteiger partial charge in [0.1, 0.15) is 0 Å². The van der Waals surface area contributed by atoms with Crippen molar-refractivity contribution in [2.45, 2.75) is 27.3 Å². The van der Waals surface area contributed by atoms with Crippen LogP contribution in [-0.2, 0) is 16.1 Å². The molecule has 0 atom stereocenters. The van der Waals surface area contributed by atoms with E-state index in [1.165, 1.54) is 12.0 Å². The molecule has 0 aliphatic carbocycles. The Morgan fingerprint density at radius 3 is 2.42 bits per heavy atom. The van der Waals surface area contributed by atoms with Gasteiger partial charge in [-0.3, -0.25) is 19.3 Å². The number of methoxy groups -OCH3 is 1. The highest BCUT2D eigenvalue weighted by atomic mass is 79.9. The number of halogens is 1. The fourth-order valence-corrected chi connectivity index (χ4v) is 5.16. The number of hydrogen-bond donors (Lipinski definition) is 1. The molecule has 0 radical (unpaired) electrons. The fraction of sp³-hybridized carbons (Fsp3) is 0.207. The Hall–Kier alpha value is -3.56. The van der Waals surface area contributed by atoms with Gasteiger partial charge in [-0.2, -0.15) is 0 Å². The highest BCUT2D eigenvalue weighted by molar-refractivity contribution is 9.10. The molecule has 1 fully saturated rings. The lowest BCUT2D eigenvalue weighted by atomic mass is 10.1. The molecule has 0 bridgehead atoms. The number of thioether (sulfide) groups is 1. The number of rotatable bonds is 8. The van der Waals surface area contributed by atoms with Gasteiger partial charge >= 0.3 is 0 Å². The minimum Gasteiger partial charge on any atom is -0.493 e. The second-order valence-electron chi connectivity index (χ2n) is 8.92. The van der Waals surface area contributed by atoms with Gasteiger partial charge in [0.05, 0.1) is 24.2 Å². The van der Waals surface area contributed by atoms with Crippen LogP contribution in [0.5, 0.6) is 11.5 Å². The number of nitrogens with one attached hydrogen (secondary N) is 1. The zero-order valence-electron chi connectivity index (χ0n) is 21.5. The summed E-state index contributed by atoms with van der Waals surface area (Å²) in [5.41, 5.74) is 5.51. The van der Waals surface area contributed by atoms with Crippen LogP contribution in [0.3, 0.4) is 0 Å². The largest absolute Gasteiger partial charge is 0.493 e. The summed E-state index contributed by atoms with van der Waals surface area (Å²) in [6.45, 7) is 5.97. The van der Waals surface area contributed by atoms with Crippen molar-refractivity contribution in [2.24, 2.45) is 0 Å². The molecule has 196 valence electrons. The van der Waals surface area contributed by atoms with E-state index in [9.17, 15) is 14.4 Å². The zero-order chi connectivity index (χ0) is 27.4. The second-order valence-corrected chi connectivity index (χ2v) is 10.8. The van der Waals surface area contributed by atoms with Crippen molar-refractivity contribution in [3.63, 3.8) is 0 Å². The lowest BCUT2D eigenvalue weighted by Crippen LogP contribution is -2.27. The predicted molar refractivity (Wildman–Crippen MR) is 153 cm³/mol. The van der Waals surface area contributed by atoms with Crippen molar-refractivity contribution >= 4 is 56.5 Å². The van der Waals surface area contributed by atoms with Crippen LogP contribution in [0.4, 0.5) is 10.5 Å². The molecule has 3 aromatic carbocycles. The summed E-state index contributed by atoms with van der Waals surface area (Å²) in [6, 6.07) is 16.7. The van der Waals surface area contributed by atoms with E-state index in [4.69, 9.17) is 9.47 Å². The Kier molecular flexibility index (Phi) is 8.58. The number of aryl methyl sites for hydroxylation is 3. The lowest BCUT2D eigenvalue weighted by molar-refractivity contribution is -0.123. The first-order valence-electron chi connectivity index (χ1n) is 11.8. The van der Waals surface area contributed by atoms with Crippen molar-refractivity contribution in [3.8, 4) is 11.5 Å². The van der Waals surface area contributed by atoms with Crippen molar-refractivity contribution in [1.82, 2.24) is 4.90 Å². The molecule has 0 aromatic heterocycles. The van der Waals surface area contributed by atoms with Gasteiger partial charge in [-0.05, 0) is 101 Å². The molecule has 0 saturated carbocycles. The quantitative estimate of drug-likeness (QED) is 0.294.